The highest BCUT2D eigenvalue weighted by molar-refractivity contribution is 5.91. The number of allylic oxidation sites excluding steroid dienone is 1. The quantitative estimate of drug-likeness (QED) is 0.397. The molecule has 0 saturated carbocycles. The van der Waals surface area contributed by atoms with Gasteiger partial charge >= 0.3 is 5.97 Å². The SMILES string of the molecule is C=C1C(=O)O[C@@H]2/C=C(\C)CC[C@@H](O)[C@@H](C)[C@@H](O)C[C@@H]12. The van der Waals surface area contributed by atoms with Gasteiger partial charge in [0, 0.05) is 17.4 Å². The van der Waals surface area contributed by atoms with Crippen molar-refractivity contribution in [2.75, 3.05) is 0 Å². The van der Waals surface area contributed by atoms with Crippen LogP contribution in [-0.4, -0.2) is 34.5 Å². The van der Waals surface area contributed by atoms with Gasteiger partial charge in [0.05, 0.1) is 12.2 Å². The Labute approximate surface area is 113 Å². The smallest absolute Gasteiger partial charge is 0.334 e. The van der Waals surface area contributed by atoms with E-state index >= 15 is 0 Å². The lowest BCUT2D eigenvalue weighted by Crippen LogP contribution is -2.33. The summed E-state index contributed by atoms with van der Waals surface area (Å²) >= 11 is 0. The van der Waals surface area contributed by atoms with Gasteiger partial charge in [-0.15, -0.1) is 0 Å². The predicted octanol–water partition coefficient (Wildman–Crippen LogP) is 1.57. The number of ether oxygens (including phenoxy) is 1. The molecule has 2 N–H and O–H groups in total. The third-order valence-corrected chi connectivity index (χ3v) is 4.34. The van der Waals surface area contributed by atoms with Crippen molar-refractivity contribution in [3.63, 3.8) is 0 Å². The molecule has 0 amide bonds. The number of carbonyl (C=O) groups is 1. The number of hydrogen-bond donors (Lipinski definition) is 2. The highest BCUT2D eigenvalue weighted by atomic mass is 16.6. The zero-order valence-electron chi connectivity index (χ0n) is 11.5. The number of fused-ring (bicyclic) bond motifs is 1. The highest BCUT2D eigenvalue weighted by Gasteiger charge is 2.40. The molecule has 0 unspecified atom stereocenters. The molecule has 5 atom stereocenters. The zero-order valence-corrected chi connectivity index (χ0v) is 11.5. The zero-order chi connectivity index (χ0) is 14.2. The van der Waals surface area contributed by atoms with E-state index in [-0.39, 0.29) is 23.9 Å². The Kier molecular flexibility index (Phi) is 4.11. The van der Waals surface area contributed by atoms with Gasteiger partial charge in [-0.3, -0.25) is 0 Å². The maximum Gasteiger partial charge on any atom is 0.334 e. The molecule has 1 heterocycles. The van der Waals surface area contributed by atoms with E-state index < -0.39 is 12.2 Å². The Morgan fingerprint density at radius 1 is 1.37 bits per heavy atom. The summed E-state index contributed by atoms with van der Waals surface area (Å²) in [5, 5.41) is 20.2. The van der Waals surface area contributed by atoms with Crippen LogP contribution < -0.4 is 0 Å². The van der Waals surface area contributed by atoms with E-state index in [0.717, 1.165) is 12.0 Å². The summed E-state index contributed by atoms with van der Waals surface area (Å²) in [4.78, 5) is 11.6. The molecule has 0 spiro atoms. The molecule has 1 aliphatic carbocycles. The molecular formula is C15H22O4. The van der Waals surface area contributed by atoms with Gasteiger partial charge in [0.25, 0.3) is 0 Å². The lowest BCUT2D eigenvalue weighted by Gasteiger charge is -2.28. The molecule has 2 aliphatic rings. The van der Waals surface area contributed by atoms with E-state index in [1.165, 1.54) is 0 Å². The fourth-order valence-corrected chi connectivity index (χ4v) is 2.79. The highest BCUT2D eigenvalue weighted by Crippen LogP contribution is 2.35. The molecule has 1 saturated heterocycles. The largest absolute Gasteiger partial charge is 0.454 e. The Morgan fingerprint density at radius 3 is 2.74 bits per heavy atom. The van der Waals surface area contributed by atoms with Crippen molar-refractivity contribution in [3.05, 3.63) is 23.8 Å². The van der Waals surface area contributed by atoms with Crippen molar-refractivity contribution in [1.29, 1.82) is 0 Å². The third kappa shape index (κ3) is 2.90. The van der Waals surface area contributed by atoms with Crippen LogP contribution in [0.3, 0.4) is 0 Å². The van der Waals surface area contributed by atoms with Gasteiger partial charge in [0.15, 0.2) is 0 Å². The van der Waals surface area contributed by atoms with Gasteiger partial charge in [-0.2, -0.15) is 0 Å². The van der Waals surface area contributed by atoms with Crippen LogP contribution in [0.25, 0.3) is 0 Å². The summed E-state index contributed by atoms with van der Waals surface area (Å²) in [6.45, 7) is 7.58. The second kappa shape index (κ2) is 5.47. The molecule has 0 bridgehead atoms. The minimum absolute atomic E-state index is 0.190. The van der Waals surface area contributed by atoms with Crippen molar-refractivity contribution in [2.24, 2.45) is 11.8 Å². The van der Waals surface area contributed by atoms with E-state index in [1.54, 1.807) is 0 Å². The monoisotopic (exact) mass is 266 g/mol. The molecule has 0 aromatic heterocycles. The molecular weight excluding hydrogens is 244 g/mol. The van der Waals surface area contributed by atoms with Crippen LogP contribution in [0.1, 0.15) is 33.1 Å². The van der Waals surface area contributed by atoms with Gasteiger partial charge < -0.3 is 14.9 Å². The minimum Gasteiger partial charge on any atom is -0.454 e. The van der Waals surface area contributed by atoms with E-state index in [0.29, 0.717) is 18.4 Å². The van der Waals surface area contributed by atoms with Crippen molar-refractivity contribution in [2.45, 2.75) is 51.4 Å². The van der Waals surface area contributed by atoms with Crippen molar-refractivity contribution in [1.82, 2.24) is 0 Å². The molecule has 0 radical (unpaired) electrons. The first-order valence-corrected chi connectivity index (χ1v) is 6.83. The molecule has 106 valence electrons. The van der Waals surface area contributed by atoms with Crippen LogP contribution in [0.4, 0.5) is 0 Å². The van der Waals surface area contributed by atoms with Crippen molar-refractivity contribution < 1.29 is 19.7 Å². The van der Waals surface area contributed by atoms with Gasteiger partial charge in [0.1, 0.15) is 6.10 Å². The average molecular weight is 266 g/mol. The Hall–Kier alpha value is -1.13. The van der Waals surface area contributed by atoms with Crippen molar-refractivity contribution in [3.8, 4) is 0 Å². The topological polar surface area (TPSA) is 66.8 Å². The van der Waals surface area contributed by atoms with Crippen molar-refractivity contribution >= 4 is 5.97 Å². The Bertz CT molecular complexity index is 412. The van der Waals surface area contributed by atoms with E-state index in [2.05, 4.69) is 6.58 Å². The molecule has 1 fully saturated rings. The third-order valence-electron chi connectivity index (χ3n) is 4.34. The lowest BCUT2D eigenvalue weighted by molar-refractivity contribution is -0.137. The first kappa shape index (κ1) is 14.3. The number of carbonyl (C=O) groups excluding carboxylic acids is 1. The van der Waals surface area contributed by atoms with Gasteiger partial charge in [-0.1, -0.05) is 19.1 Å². The van der Waals surface area contributed by atoms with E-state index in [1.807, 2.05) is 19.9 Å². The normalized spacial score (nSPS) is 43.2. The fraction of sp³-hybridized carbons (Fsp3) is 0.667. The van der Waals surface area contributed by atoms with Crippen LogP contribution >= 0.6 is 0 Å². The molecule has 4 nitrogen and oxygen atoms in total. The molecule has 1 aliphatic heterocycles. The Morgan fingerprint density at radius 2 is 2.05 bits per heavy atom. The van der Waals surface area contributed by atoms with Crippen LogP contribution in [0.5, 0.6) is 0 Å². The van der Waals surface area contributed by atoms with Gasteiger partial charge in [-0.05, 0) is 32.3 Å². The second-order valence-electron chi connectivity index (χ2n) is 5.78. The van der Waals surface area contributed by atoms with E-state index in [9.17, 15) is 15.0 Å². The van der Waals surface area contributed by atoms with Crippen LogP contribution in [0, 0.1) is 11.8 Å². The summed E-state index contributed by atoms with van der Waals surface area (Å²) in [6, 6.07) is 0. The summed E-state index contributed by atoms with van der Waals surface area (Å²) in [5.74, 6) is -0.779. The molecule has 4 heteroatoms. The molecule has 0 aromatic carbocycles. The lowest BCUT2D eigenvalue weighted by atomic mass is 9.82. The van der Waals surface area contributed by atoms with Gasteiger partial charge in [-0.25, -0.2) is 4.79 Å². The number of rotatable bonds is 0. The molecule has 0 aromatic rings. The maximum atomic E-state index is 11.6. The first-order valence-electron chi connectivity index (χ1n) is 6.83. The predicted molar refractivity (Wildman–Crippen MR) is 71.3 cm³/mol. The van der Waals surface area contributed by atoms with Crippen LogP contribution in [-0.2, 0) is 9.53 Å². The van der Waals surface area contributed by atoms with Crippen LogP contribution in [0.15, 0.2) is 23.8 Å². The number of esters is 1. The van der Waals surface area contributed by atoms with E-state index in [4.69, 9.17) is 4.74 Å². The number of aliphatic hydroxyl groups excluding tert-OH is 2. The second-order valence-corrected chi connectivity index (χ2v) is 5.78. The molecule has 2 rings (SSSR count). The summed E-state index contributed by atoms with van der Waals surface area (Å²) in [5.41, 5.74) is 1.52. The number of hydrogen-bond acceptors (Lipinski definition) is 4. The summed E-state index contributed by atoms with van der Waals surface area (Å²) < 4.78 is 5.30. The van der Waals surface area contributed by atoms with Crippen LogP contribution in [0.2, 0.25) is 0 Å². The fourth-order valence-electron chi connectivity index (χ4n) is 2.79. The average Bonchev–Trinajstić information content (AvgIpc) is 2.62. The number of aliphatic hydroxyl groups is 2. The Balaban J connectivity index is 2.28. The first-order chi connectivity index (χ1) is 8.90. The molecule has 19 heavy (non-hydrogen) atoms. The summed E-state index contributed by atoms with van der Waals surface area (Å²) in [7, 11) is 0. The summed E-state index contributed by atoms with van der Waals surface area (Å²) in [6.07, 6.45) is 2.19. The minimum atomic E-state index is -0.652. The standard InChI is InChI=1S/C15H22O4/c1-8-4-5-12(16)10(3)13(17)7-11-9(2)15(18)19-14(11)6-8/h6,10-14,16-17H,2,4-5,7H2,1,3H3/b8-6+/t10-,11+,12-,13+,14-/m1/s1. The van der Waals surface area contributed by atoms with Gasteiger partial charge in [0.2, 0.25) is 0 Å². The maximum absolute atomic E-state index is 11.6.